The molecule has 21 heavy (non-hydrogen) atoms. The molecule has 1 atom stereocenters. The number of hydrogen-bond acceptors (Lipinski definition) is 5. The number of hydrogen-bond donors (Lipinski definition) is 2. The first-order chi connectivity index (χ1) is 9.85. The van der Waals surface area contributed by atoms with Crippen LogP contribution in [0.4, 0.5) is 0 Å². The summed E-state index contributed by atoms with van der Waals surface area (Å²) in [7, 11) is 1.15. The molecule has 8 nitrogen and oxygen atoms in total. The second-order valence-corrected chi connectivity index (χ2v) is 4.96. The highest BCUT2D eigenvalue weighted by Gasteiger charge is 2.30. The molecule has 0 radical (unpaired) electrons. The maximum absolute atomic E-state index is 12.0. The SMILES string of the molecule is COC(=O)C[C@H](NC(=O)C1CCN(C(C)=O)CC1)C(=O)O. The van der Waals surface area contributed by atoms with Crippen LogP contribution in [-0.4, -0.2) is 60.0 Å². The average Bonchev–Trinajstić information content (AvgIpc) is 2.46. The number of nitrogens with zero attached hydrogens (tertiary/aromatic N) is 1. The fraction of sp³-hybridized carbons (Fsp3) is 0.692. The van der Waals surface area contributed by atoms with E-state index >= 15 is 0 Å². The Morgan fingerprint density at radius 1 is 1.29 bits per heavy atom. The smallest absolute Gasteiger partial charge is 0.326 e. The Morgan fingerprint density at radius 3 is 2.29 bits per heavy atom. The van der Waals surface area contributed by atoms with E-state index in [0.717, 1.165) is 7.11 Å². The number of ether oxygens (including phenoxy) is 1. The molecule has 2 N–H and O–H groups in total. The predicted octanol–water partition coefficient (Wildman–Crippen LogP) is -0.623. The lowest BCUT2D eigenvalue weighted by molar-refractivity contribution is -0.149. The Balaban J connectivity index is 2.53. The molecule has 0 aromatic carbocycles. The van der Waals surface area contributed by atoms with E-state index in [0.29, 0.717) is 25.9 Å². The molecule has 8 heteroatoms. The Labute approximate surface area is 122 Å². The fourth-order valence-corrected chi connectivity index (χ4v) is 2.20. The molecule has 1 fully saturated rings. The van der Waals surface area contributed by atoms with Crippen molar-refractivity contribution in [2.24, 2.45) is 5.92 Å². The number of esters is 1. The van der Waals surface area contributed by atoms with E-state index in [1.54, 1.807) is 4.90 Å². The van der Waals surface area contributed by atoms with Crippen LogP contribution in [0.25, 0.3) is 0 Å². The van der Waals surface area contributed by atoms with Crippen LogP contribution in [0.15, 0.2) is 0 Å². The Kier molecular flexibility index (Phi) is 6.13. The first kappa shape index (κ1) is 16.9. The number of likely N-dealkylation sites (tertiary alicyclic amines) is 1. The van der Waals surface area contributed by atoms with Gasteiger partial charge in [-0.1, -0.05) is 0 Å². The molecule has 0 bridgehead atoms. The number of carboxylic acid groups (broad SMARTS) is 1. The minimum absolute atomic E-state index is 0.0389. The lowest BCUT2D eigenvalue weighted by Gasteiger charge is -2.31. The van der Waals surface area contributed by atoms with Crippen LogP contribution in [0.1, 0.15) is 26.2 Å². The largest absolute Gasteiger partial charge is 0.480 e. The van der Waals surface area contributed by atoms with Crippen molar-refractivity contribution in [3.05, 3.63) is 0 Å². The number of piperidine rings is 1. The van der Waals surface area contributed by atoms with Gasteiger partial charge in [0.1, 0.15) is 6.04 Å². The molecule has 0 unspecified atom stereocenters. The Bertz CT molecular complexity index is 428. The van der Waals surface area contributed by atoms with Crippen molar-refractivity contribution in [2.45, 2.75) is 32.2 Å². The van der Waals surface area contributed by atoms with E-state index in [-0.39, 0.29) is 11.8 Å². The maximum Gasteiger partial charge on any atom is 0.326 e. The lowest BCUT2D eigenvalue weighted by atomic mass is 9.95. The summed E-state index contributed by atoms with van der Waals surface area (Å²) in [6, 6.07) is -1.30. The van der Waals surface area contributed by atoms with Crippen molar-refractivity contribution in [3.8, 4) is 0 Å². The molecule has 2 amide bonds. The normalized spacial score (nSPS) is 17.0. The van der Waals surface area contributed by atoms with Crippen LogP contribution < -0.4 is 5.32 Å². The van der Waals surface area contributed by atoms with Gasteiger partial charge in [-0.3, -0.25) is 14.4 Å². The zero-order chi connectivity index (χ0) is 16.0. The monoisotopic (exact) mass is 300 g/mol. The number of nitrogens with one attached hydrogen (secondary N) is 1. The number of carbonyl (C=O) groups excluding carboxylic acids is 3. The van der Waals surface area contributed by atoms with Crippen molar-refractivity contribution >= 4 is 23.8 Å². The number of carboxylic acids is 1. The second-order valence-electron chi connectivity index (χ2n) is 4.96. The first-order valence-electron chi connectivity index (χ1n) is 6.70. The van der Waals surface area contributed by atoms with E-state index < -0.39 is 30.3 Å². The molecule has 1 rings (SSSR count). The summed E-state index contributed by atoms with van der Waals surface area (Å²) in [6.07, 6.45) is 0.551. The number of rotatable bonds is 5. The van der Waals surface area contributed by atoms with Gasteiger partial charge < -0.3 is 20.1 Å². The highest BCUT2D eigenvalue weighted by Crippen LogP contribution is 2.17. The summed E-state index contributed by atoms with van der Waals surface area (Å²) in [5, 5.41) is 11.4. The van der Waals surface area contributed by atoms with Gasteiger partial charge in [-0.2, -0.15) is 0 Å². The molecule has 1 aliphatic heterocycles. The molecular weight excluding hydrogens is 280 g/mol. The summed E-state index contributed by atoms with van der Waals surface area (Å²) in [5.41, 5.74) is 0. The highest BCUT2D eigenvalue weighted by molar-refractivity contribution is 5.88. The first-order valence-corrected chi connectivity index (χ1v) is 6.70. The molecule has 118 valence electrons. The van der Waals surface area contributed by atoms with Gasteiger partial charge in [-0.15, -0.1) is 0 Å². The number of methoxy groups -OCH3 is 1. The summed E-state index contributed by atoms with van der Waals surface area (Å²) in [4.78, 5) is 47.0. The number of aliphatic carboxylic acids is 1. The molecule has 0 spiro atoms. The third-order valence-electron chi connectivity index (χ3n) is 3.52. The molecule has 1 saturated heterocycles. The second kappa shape index (κ2) is 7.61. The summed E-state index contributed by atoms with van der Waals surface area (Å²) < 4.78 is 4.40. The van der Waals surface area contributed by atoms with Gasteiger partial charge >= 0.3 is 11.9 Å². The van der Waals surface area contributed by atoms with Gasteiger partial charge in [-0.05, 0) is 12.8 Å². The molecule has 0 aromatic heterocycles. The van der Waals surface area contributed by atoms with Crippen molar-refractivity contribution in [1.82, 2.24) is 10.2 Å². The number of amides is 2. The quantitative estimate of drug-likeness (QED) is 0.654. The summed E-state index contributed by atoms with van der Waals surface area (Å²) in [6.45, 7) is 2.42. The average molecular weight is 300 g/mol. The van der Waals surface area contributed by atoms with Crippen molar-refractivity contribution < 1.29 is 29.0 Å². The van der Waals surface area contributed by atoms with E-state index in [1.165, 1.54) is 6.92 Å². The van der Waals surface area contributed by atoms with E-state index in [2.05, 4.69) is 10.1 Å². The van der Waals surface area contributed by atoms with E-state index in [4.69, 9.17) is 5.11 Å². The predicted molar refractivity (Wildman–Crippen MR) is 71.2 cm³/mol. The van der Waals surface area contributed by atoms with Crippen molar-refractivity contribution in [1.29, 1.82) is 0 Å². The van der Waals surface area contributed by atoms with Crippen LogP contribution in [-0.2, 0) is 23.9 Å². The van der Waals surface area contributed by atoms with E-state index in [9.17, 15) is 19.2 Å². The van der Waals surface area contributed by atoms with Gasteiger partial charge in [0.05, 0.1) is 13.5 Å². The lowest BCUT2D eigenvalue weighted by Crippen LogP contribution is -2.48. The van der Waals surface area contributed by atoms with Crippen LogP contribution in [0.5, 0.6) is 0 Å². The van der Waals surface area contributed by atoms with E-state index in [1.807, 2.05) is 0 Å². The zero-order valence-electron chi connectivity index (χ0n) is 12.1. The minimum Gasteiger partial charge on any atom is -0.480 e. The van der Waals surface area contributed by atoms with Crippen LogP contribution in [0.2, 0.25) is 0 Å². The van der Waals surface area contributed by atoms with Gasteiger partial charge in [0.15, 0.2) is 0 Å². The van der Waals surface area contributed by atoms with Crippen molar-refractivity contribution in [2.75, 3.05) is 20.2 Å². The zero-order valence-corrected chi connectivity index (χ0v) is 12.1. The molecule has 0 aliphatic carbocycles. The fourth-order valence-electron chi connectivity index (χ4n) is 2.20. The highest BCUT2D eigenvalue weighted by atomic mass is 16.5. The Hall–Kier alpha value is -2.12. The Morgan fingerprint density at radius 2 is 1.86 bits per heavy atom. The molecule has 1 aliphatic rings. The minimum atomic E-state index is -1.30. The third-order valence-corrected chi connectivity index (χ3v) is 3.52. The third kappa shape index (κ3) is 5.05. The standard InChI is InChI=1S/C13H20N2O6/c1-8(16)15-5-3-9(4-6-15)12(18)14-10(13(19)20)7-11(17)21-2/h9-10H,3-7H2,1-2H3,(H,14,18)(H,19,20)/t10-/m0/s1. The van der Waals surface area contributed by atoms with Crippen LogP contribution in [0, 0.1) is 5.92 Å². The van der Waals surface area contributed by atoms with Crippen LogP contribution in [0.3, 0.4) is 0 Å². The molecule has 0 saturated carbocycles. The number of carbonyl (C=O) groups is 4. The van der Waals surface area contributed by atoms with Gasteiger partial charge in [-0.25, -0.2) is 4.79 Å². The molecule has 0 aromatic rings. The molecule has 1 heterocycles. The van der Waals surface area contributed by atoms with Gasteiger partial charge in [0, 0.05) is 25.9 Å². The van der Waals surface area contributed by atoms with Crippen molar-refractivity contribution in [3.63, 3.8) is 0 Å². The van der Waals surface area contributed by atoms with Crippen LogP contribution >= 0.6 is 0 Å². The maximum atomic E-state index is 12.0. The van der Waals surface area contributed by atoms with Gasteiger partial charge in [0.25, 0.3) is 0 Å². The summed E-state index contributed by atoms with van der Waals surface area (Å²) >= 11 is 0. The summed E-state index contributed by atoms with van der Waals surface area (Å²) in [5.74, 6) is -2.78. The molecular formula is C13H20N2O6. The topological polar surface area (TPSA) is 113 Å². The van der Waals surface area contributed by atoms with Gasteiger partial charge in [0.2, 0.25) is 11.8 Å².